The van der Waals surface area contributed by atoms with Crippen molar-refractivity contribution in [2.45, 2.75) is 13.8 Å². The summed E-state index contributed by atoms with van der Waals surface area (Å²) < 4.78 is 12.9. The number of rotatable bonds is 6. The van der Waals surface area contributed by atoms with E-state index in [9.17, 15) is 4.79 Å². The maximum atomic E-state index is 12.9. The Bertz CT molecular complexity index is 1160. The molecule has 0 fully saturated rings. The minimum Gasteiger partial charge on any atom is -0.492 e. The third-order valence-corrected chi connectivity index (χ3v) is 4.63. The lowest BCUT2D eigenvalue weighted by Crippen LogP contribution is -2.28. The molecule has 0 aliphatic heterocycles. The number of carbonyl (C=O) groups is 1. The molecule has 4 rings (SSSR count). The summed E-state index contributed by atoms with van der Waals surface area (Å²) in [6.07, 6.45) is 1.58. The Balaban J connectivity index is 1.55. The van der Waals surface area contributed by atoms with Crippen LogP contribution in [0, 0.1) is 13.8 Å². The third-order valence-electron chi connectivity index (χ3n) is 4.63. The van der Waals surface area contributed by atoms with Crippen LogP contribution in [0.3, 0.4) is 0 Å². The number of aromatic nitrogens is 3. The van der Waals surface area contributed by atoms with Gasteiger partial charge in [0.25, 0.3) is 5.91 Å². The van der Waals surface area contributed by atoms with Crippen molar-refractivity contribution in [1.82, 2.24) is 20.1 Å². The van der Waals surface area contributed by atoms with Crippen LogP contribution in [0.2, 0.25) is 0 Å². The molecule has 3 aromatic heterocycles. The molecule has 0 aliphatic rings. The molecule has 0 radical (unpaired) electrons. The number of pyridine rings is 1. The maximum absolute atomic E-state index is 12.9. The van der Waals surface area contributed by atoms with Gasteiger partial charge in [0.2, 0.25) is 0 Å². The van der Waals surface area contributed by atoms with Gasteiger partial charge in [-0.3, -0.25) is 9.48 Å². The van der Waals surface area contributed by atoms with Crippen LogP contribution in [-0.2, 0) is 7.05 Å². The monoisotopic (exact) mass is 390 g/mol. The Morgan fingerprint density at radius 2 is 2.07 bits per heavy atom. The molecule has 3 heterocycles. The Morgan fingerprint density at radius 3 is 2.83 bits per heavy atom. The van der Waals surface area contributed by atoms with Crippen LogP contribution < -0.4 is 10.1 Å². The van der Waals surface area contributed by atoms with Gasteiger partial charge in [-0.2, -0.15) is 5.10 Å². The number of nitrogens with zero attached hydrogens (tertiary/aromatic N) is 3. The number of carbonyl (C=O) groups excluding carboxylic acids is 1. The van der Waals surface area contributed by atoms with E-state index < -0.39 is 0 Å². The summed E-state index contributed by atoms with van der Waals surface area (Å²) in [7, 11) is 1.81. The Kier molecular flexibility index (Phi) is 5.03. The summed E-state index contributed by atoms with van der Waals surface area (Å²) in [5.41, 5.74) is 3.62. The minimum absolute atomic E-state index is 0.200. The van der Waals surface area contributed by atoms with Gasteiger partial charge in [-0.15, -0.1) is 0 Å². The lowest BCUT2D eigenvalue weighted by Gasteiger charge is -2.10. The first-order chi connectivity index (χ1) is 14.0. The molecule has 0 atom stereocenters. The van der Waals surface area contributed by atoms with E-state index in [1.165, 1.54) is 0 Å². The van der Waals surface area contributed by atoms with E-state index in [4.69, 9.17) is 9.15 Å². The van der Waals surface area contributed by atoms with Gasteiger partial charge in [0, 0.05) is 7.05 Å². The summed E-state index contributed by atoms with van der Waals surface area (Å²) >= 11 is 0. The fourth-order valence-electron chi connectivity index (χ4n) is 3.31. The molecular weight excluding hydrogens is 368 g/mol. The summed E-state index contributed by atoms with van der Waals surface area (Å²) in [5, 5.41) is 8.08. The predicted molar refractivity (Wildman–Crippen MR) is 110 cm³/mol. The van der Waals surface area contributed by atoms with Gasteiger partial charge in [-0.05, 0) is 49.7 Å². The van der Waals surface area contributed by atoms with Crippen molar-refractivity contribution in [3.63, 3.8) is 0 Å². The number of hydrogen-bond acceptors (Lipinski definition) is 5. The smallest absolute Gasteiger partial charge is 0.252 e. The van der Waals surface area contributed by atoms with Crippen molar-refractivity contribution in [3.8, 4) is 17.2 Å². The number of furan rings is 1. The number of nitrogens with one attached hydrogen (secondary N) is 1. The second-order valence-corrected chi connectivity index (χ2v) is 6.86. The number of ether oxygens (including phenoxy) is 1. The molecule has 0 bridgehead atoms. The van der Waals surface area contributed by atoms with Crippen LogP contribution >= 0.6 is 0 Å². The van der Waals surface area contributed by atoms with Crippen LogP contribution in [-0.4, -0.2) is 33.8 Å². The van der Waals surface area contributed by atoms with Crippen LogP contribution in [0.25, 0.3) is 22.5 Å². The van der Waals surface area contributed by atoms with Crippen LogP contribution in [0.4, 0.5) is 0 Å². The van der Waals surface area contributed by atoms with Gasteiger partial charge in [0.05, 0.1) is 29.5 Å². The second-order valence-electron chi connectivity index (χ2n) is 6.86. The number of hydrogen-bond donors (Lipinski definition) is 1. The molecule has 0 unspecified atom stereocenters. The van der Waals surface area contributed by atoms with Gasteiger partial charge in [-0.1, -0.05) is 12.1 Å². The molecule has 4 aromatic rings. The Labute approximate surface area is 168 Å². The second kappa shape index (κ2) is 7.79. The van der Waals surface area contributed by atoms with Crippen LogP contribution in [0.1, 0.15) is 21.6 Å². The highest BCUT2D eigenvalue weighted by molar-refractivity contribution is 6.07. The fourth-order valence-corrected chi connectivity index (χ4v) is 3.31. The molecule has 0 aliphatic carbocycles. The highest BCUT2D eigenvalue weighted by Crippen LogP contribution is 2.27. The van der Waals surface area contributed by atoms with Gasteiger partial charge in [0.1, 0.15) is 18.1 Å². The highest BCUT2D eigenvalue weighted by Gasteiger charge is 2.19. The average Bonchev–Trinajstić information content (AvgIpc) is 3.33. The number of benzene rings is 1. The zero-order valence-electron chi connectivity index (χ0n) is 16.6. The number of amides is 1. The Hall–Kier alpha value is -3.61. The van der Waals surface area contributed by atoms with E-state index >= 15 is 0 Å². The first kappa shape index (κ1) is 18.7. The topological polar surface area (TPSA) is 82.2 Å². The van der Waals surface area contributed by atoms with Crippen molar-refractivity contribution in [2.75, 3.05) is 13.2 Å². The summed E-state index contributed by atoms with van der Waals surface area (Å²) in [6.45, 7) is 4.64. The summed E-state index contributed by atoms with van der Waals surface area (Å²) in [5.74, 6) is 1.19. The first-order valence-corrected chi connectivity index (χ1v) is 9.39. The molecule has 0 saturated heterocycles. The molecule has 148 valence electrons. The average molecular weight is 390 g/mol. The van der Waals surface area contributed by atoms with E-state index in [1.54, 1.807) is 23.1 Å². The molecular formula is C22H22N4O3. The Morgan fingerprint density at radius 1 is 1.21 bits per heavy atom. The molecule has 29 heavy (non-hydrogen) atoms. The van der Waals surface area contributed by atoms with Gasteiger partial charge in [0.15, 0.2) is 11.4 Å². The van der Waals surface area contributed by atoms with Crippen molar-refractivity contribution in [1.29, 1.82) is 0 Å². The largest absolute Gasteiger partial charge is 0.492 e. The van der Waals surface area contributed by atoms with Crippen molar-refractivity contribution < 1.29 is 13.9 Å². The molecule has 1 amide bonds. The predicted octanol–water partition coefficient (Wildman–Crippen LogP) is 3.65. The molecule has 1 N–H and O–H groups in total. The highest BCUT2D eigenvalue weighted by atomic mass is 16.5. The molecule has 0 spiro atoms. The van der Waals surface area contributed by atoms with E-state index in [2.05, 4.69) is 15.4 Å². The summed E-state index contributed by atoms with van der Waals surface area (Å²) in [4.78, 5) is 17.6. The standard InChI is InChI=1S/C22H22N4O3/c1-14-6-4-7-16(12-14)28-11-9-23-22(27)17-13-18(19-8-5-10-29-19)24-21-20(17)15(2)25-26(21)3/h4-8,10,12-13H,9,11H2,1-3H3,(H,23,27). The maximum Gasteiger partial charge on any atom is 0.252 e. The van der Waals surface area contributed by atoms with E-state index in [-0.39, 0.29) is 5.91 Å². The quantitative estimate of drug-likeness (QED) is 0.508. The molecule has 1 aromatic carbocycles. The fraction of sp³-hybridized carbons (Fsp3) is 0.227. The molecule has 7 nitrogen and oxygen atoms in total. The zero-order chi connectivity index (χ0) is 20.4. The first-order valence-electron chi connectivity index (χ1n) is 9.39. The van der Waals surface area contributed by atoms with E-state index in [0.717, 1.165) is 22.4 Å². The summed E-state index contributed by atoms with van der Waals surface area (Å²) in [6, 6.07) is 13.2. The van der Waals surface area contributed by atoms with Crippen molar-refractivity contribution >= 4 is 16.9 Å². The van der Waals surface area contributed by atoms with Crippen molar-refractivity contribution in [3.05, 3.63) is 65.5 Å². The van der Waals surface area contributed by atoms with Crippen LogP contribution in [0.5, 0.6) is 5.75 Å². The van der Waals surface area contributed by atoms with Gasteiger partial charge in [-0.25, -0.2) is 4.98 Å². The van der Waals surface area contributed by atoms with Gasteiger partial charge >= 0.3 is 0 Å². The number of aryl methyl sites for hydroxylation is 3. The minimum atomic E-state index is -0.200. The van der Waals surface area contributed by atoms with E-state index in [1.807, 2.05) is 51.2 Å². The SMILES string of the molecule is Cc1cccc(OCCNC(=O)c2cc(-c3ccco3)nc3c2c(C)nn3C)c1. The van der Waals surface area contributed by atoms with Gasteiger partial charge < -0.3 is 14.5 Å². The lowest BCUT2D eigenvalue weighted by atomic mass is 10.1. The van der Waals surface area contributed by atoms with Crippen molar-refractivity contribution in [2.24, 2.45) is 7.05 Å². The van der Waals surface area contributed by atoms with E-state index in [0.29, 0.717) is 35.8 Å². The third kappa shape index (κ3) is 3.85. The molecule has 7 heteroatoms. The normalized spacial score (nSPS) is 11.0. The van der Waals surface area contributed by atoms with Crippen LogP contribution in [0.15, 0.2) is 53.1 Å². The number of fused-ring (bicyclic) bond motifs is 1. The lowest BCUT2D eigenvalue weighted by molar-refractivity contribution is 0.0948. The molecule has 0 saturated carbocycles. The zero-order valence-corrected chi connectivity index (χ0v) is 16.6.